The van der Waals surface area contributed by atoms with Crippen LogP contribution >= 0.6 is 15.9 Å². The highest BCUT2D eigenvalue weighted by atomic mass is 79.9. The van der Waals surface area contributed by atoms with Gasteiger partial charge >= 0.3 is 0 Å². The monoisotopic (exact) mass is 315 g/mol. The first-order chi connectivity index (χ1) is 8.31. The fourth-order valence-corrected chi connectivity index (χ4v) is 2.47. The molecule has 0 heterocycles. The summed E-state index contributed by atoms with van der Waals surface area (Å²) in [5.74, 6) is -0.182. The second-order valence-corrected chi connectivity index (χ2v) is 6.83. The molecule has 1 N–H and O–H groups in total. The van der Waals surface area contributed by atoms with Gasteiger partial charge in [-0.1, -0.05) is 43.6 Å². The Morgan fingerprint density at radius 3 is 2.44 bits per heavy atom. The minimum absolute atomic E-state index is 0.182. The van der Waals surface area contributed by atoms with E-state index in [0.717, 1.165) is 29.4 Å². The molecule has 0 saturated heterocycles. The minimum Gasteiger partial charge on any atom is -0.310 e. The van der Waals surface area contributed by atoms with Crippen LogP contribution in [0.2, 0.25) is 0 Å². The molecule has 0 aliphatic carbocycles. The standard InChI is InChI=1S/C15H23BrFN/c1-5-18-14(6-7-15(2,3)4)11-8-12(16)10-13(17)9-11/h8-10,14,18H,5-7H2,1-4H3. The molecular formula is C15H23BrFN. The van der Waals surface area contributed by atoms with Gasteiger partial charge in [0, 0.05) is 10.5 Å². The molecule has 1 atom stereocenters. The van der Waals surface area contributed by atoms with E-state index < -0.39 is 0 Å². The van der Waals surface area contributed by atoms with Crippen LogP contribution in [0.5, 0.6) is 0 Å². The van der Waals surface area contributed by atoms with Gasteiger partial charge in [0.2, 0.25) is 0 Å². The molecule has 1 unspecified atom stereocenters. The molecule has 1 rings (SSSR count). The highest BCUT2D eigenvalue weighted by molar-refractivity contribution is 9.10. The van der Waals surface area contributed by atoms with Crippen molar-refractivity contribution in [1.29, 1.82) is 0 Å². The van der Waals surface area contributed by atoms with Crippen molar-refractivity contribution >= 4 is 15.9 Å². The first-order valence-corrected chi connectivity index (χ1v) is 7.30. The van der Waals surface area contributed by atoms with Crippen molar-refractivity contribution in [3.05, 3.63) is 34.1 Å². The average Bonchev–Trinajstić information content (AvgIpc) is 2.21. The third-order valence-electron chi connectivity index (χ3n) is 2.92. The summed E-state index contributed by atoms with van der Waals surface area (Å²) in [6.07, 6.45) is 2.13. The molecule has 3 heteroatoms. The fourth-order valence-electron chi connectivity index (χ4n) is 1.99. The summed E-state index contributed by atoms with van der Waals surface area (Å²) in [4.78, 5) is 0. The average molecular weight is 316 g/mol. The van der Waals surface area contributed by atoms with Gasteiger partial charge < -0.3 is 5.32 Å². The number of nitrogens with one attached hydrogen (secondary N) is 1. The molecule has 0 fully saturated rings. The van der Waals surface area contributed by atoms with Crippen molar-refractivity contribution in [2.75, 3.05) is 6.54 Å². The lowest BCUT2D eigenvalue weighted by molar-refractivity contribution is 0.333. The van der Waals surface area contributed by atoms with Gasteiger partial charge in [0.1, 0.15) is 5.82 Å². The molecule has 1 aromatic rings. The molecule has 0 aromatic heterocycles. The first-order valence-electron chi connectivity index (χ1n) is 6.51. The van der Waals surface area contributed by atoms with Crippen molar-refractivity contribution in [2.45, 2.75) is 46.6 Å². The van der Waals surface area contributed by atoms with E-state index in [2.05, 4.69) is 48.9 Å². The molecule has 0 aliphatic rings. The largest absolute Gasteiger partial charge is 0.310 e. The minimum atomic E-state index is -0.182. The molecule has 0 spiro atoms. The van der Waals surface area contributed by atoms with Crippen LogP contribution < -0.4 is 5.32 Å². The lowest BCUT2D eigenvalue weighted by atomic mass is 9.87. The lowest BCUT2D eigenvalue weighted by Gasteiger charge is -2.24. The van der Waals surface area contributed by atoms with Gasteiger partial charge in [0.05, 0.1) is 0 Å². The predicted octanol–water partition coefficient (Wildman–Crippen LogP) is 5.07. The molecule has 102 valence electrons. The van der Waals surface area contributed by atoms with Gasteiger partial charge in [-0.15, -0.1) is 0 Å². The Hall–Kier alpha value is -0.410. The molecule has 0 aliphatic heterocycles. The van der Waals surface area contributed by atoms with Gasteiger partial charge in [-0.2, -0.15) is 0 Å². The summed E-state index contributed by atoms with van der Waals surface area (Å²) >= 11 is 3.36. The Balaban J connectivity index is 2.83. The Labute approximate surface area is 118 Å². The molecule has 0 amide bonds. The summed E-state index contributed by atoms with van der Waals surface area (Å²) < 4.78 is 14.2. The molecular weight excluding hydrogens is 293 g/mol. The molecule has 18 heavy (non-hydrogen) atoms. The van der Waals surface area contributed by atoms with E-state index in [4.69, 9.17) is 0 Å². The summed E-state index contributed by atoms with van der Waals surface area (Å²) in [5, 5.41) is 3.44. The normalized spacial score (nSPS) is 13.7. The highest BCUT2D eigenvalue weighted by Crippen LogP contribution is 2.29. The SMILES string of the molecule is CCNC(CCC(C)(C)C)c1cc(F)cc(Br)c1. The summed E-state index contributed by atoms with van der Waals surface area (Å²) in [5.41, 5.74) is 1.33. The van der Waals surface area contributed by atoms with E-state index in [-0.39, 0.29) is 11.9 Å². The Kier molecular flexibility index (Phi) is 5.80. The topological polar surface area (TPSA) is 12.0 Å². The Morgan fingerprint density at radius 1 is 1.28 bits per heavy atom. The smallest absolute Gasteiger partial charge is 0.124 e. The summed E-state index contributed by atoms with van der Waals surface area (Å²) in [6, 6.07) is 5.34. The van der Waals surface area contributed by atoms with Crippen molar-refractivity contribution in [2.24, 2.45) is 5.41 Å². The molecule has 0 radical (unpaired) electrons. The lowest BCUT2D eigenvalue weighted by Crippen LogP contribution is -2.22. The van der Waals surface area contributed by atoms with E-state index >= 15 is 0 Å². The molecule has 0 bridgehead atoms. The van der Waals surface area contributed by atoms with Crippen LogP contribution in [0.15, 0.2) is 22.7 Å². The quantitative estimate of drug-likeness (QED) is 0.800. The van der Waals surface area contributed by atoms with E-state index in [9.17, 15) is 4.39 Å². The molecule has 0 saturated carbocycles. The third-order valence-corrected chi connectivity index (χ3v) is 3.38. The number of rotatable bonds is 5. The highest BCUT2D eigenvalue weighted by Gasteiger charge is 2.17. The second-order valence-electron chi connectivity index (χ2n) is 5.91. The van der Waals surface area contributed by atoms with Crippen LogP contribution in [0.25, 0.3) is 0 Å². The number of hydrogen-bond acceptors (Lipinski definition) is 1. The van der Waals surface area contributed by atoms with E-state index in [1.165, 1.54) is 6.07 Å². The number of benzene rings is 1. The zero-order valence-corrected chi connectivity index (χ0v) is 13.3. The third kappa shape index (κ3) is 5.49. The fraction of sp³-hybridized carbons (Fsp3) is 0.600. The summed E-state index contributed by atoms with van der Waals surface area (Å²) in [6.45, 7) is 9.67. The van der Waals surface area contributed by atoms with Gasteiger partial charge in [-0.3, -0.25) is 0 Å². The summed E-state index contributed by atoms with van der Waals surface area (Å²) in [7, 11) is 0. The van der Waals surface area contributed by atoms with Crippen molar-refractivity contribution in [3.63, 3.8) is 0 Å². The zero-order chi connectivity index (χ0) is 13.8. The maximum absolute atomic E-state index is 13.4. The van der Waals surface area contributed by atoms with Crippen LogP contribution in [0, 0.1) is 11.2 Å². The van der Waals surface area contributed by atoms with Gasteiger partial charge in [-0.05, 0) is 48.6 Å². The number of hydrogen-bond donors (Lipinski definition) is 1. The predicted molar refractivity (Wildman–Crippen MR) is 79.2 cm³/mol. The van der Waals surface area contributed by atoms with Gasteiger partial charge in [-0.25, -0.2) is 4.39 Å². The first kappa shape index (κ1) is 15.6. The van der Waals surface area contributed by atoms with Crippen molar-refractivity contribution < 1.29 is 4.39 Å². The van der Waals surface area contributed by atoms with Crippen LogP contribution in [0.1, 0.15) is 52.1 Å². The Morgan fingerprint density at radius 2 is 1.94 bits per heavy atom. The molecule has 1 nitrogen and oxygen atoms in total. The van der Waals surface area contributed by atoms with Crippen LogP contribution in [-0.4, -0.2) is 6.54 Å². The van der Waals surface area contributed by atoms with E-state index in [0.29, 0.717) is 5.41 Å². The maximum atomic E-state index is 13.4. The second kappa shape index (κ2) is 6.67. The van der Waals surface area contributed by atoms with Crippen molar-refractivity contribution in [3.8, 4) is 0 Å². The van der Waals surface area contributed by atoms with Crippen LogP contribution in [-0.2, 0) is 0 Å². The van der Waals surface area contributed by atoms with E-state index in [1.54, 1.807) is 6.07 Å². The van der Waals surface area contributed by atoms with Gasteiger partial charge in [0.25, 0.3) is 0 Å². The number of halogens is 2. The van der Waals surface area contributed by atoms with Gasteiger partial charge in [0.15, 0.2) is 0 Å². The maximum Gasteiger partial charge on any atom is 0.124 e. The van der Waals surface area contributed by atoms with Crippen LogP contribution in [0.4, 0.5) is 4.39 Å². The Bertz CT molecular complexity index is 364. The molecule has 1 aromatic carbocycles. The van der Waals surface area contributed by atoms with Crippen molar-refractivity contribution in [1.82, 2.24) is 5.32 Å². The van der Waals surface area contributed by atoms with E-state index in [1.807, 2.05) is 6.07 Å². The van der Waals surface area contributed by atoms with Crippen LogP contribution in [0.3, 0.4) is 0 Å². The zero-order valence-electron chi connectivity index (χ0n) is 11.7.